The third-order valence-corrected chi connectivity index (χ3v) is 4.19. The molecule has 1 aliphatic rings. The van der Waals surface area contributed by atoms with Crippen LogP contribution < -0.4 is 0 Å². The minimum Gasteiger partial charge on any atom is -0.478 e. The standard InChI is InChI=1S/C13H23NO2/c1-9-7-6-8-14(13(9,4)5)11(3)10(2)12(15)16/h9H,6-8H2,1-5H3,(H,15,16). The molecule has 1 saturated heterocycles. The van der Waals surface area contributed by atoms with Crippen molar-refractivity contribution in [3.8, 4) is 0 Å². The second-order valence-corrected chi connectivity index (χ2v) is 5.36. The van der Waals surface area contributed by atoms with Gasteiger partial charge in [-0.3, -0.25) is 0 Å². The average Bonchev–Trinajstić information content (AvgIpc) is 2.19. The highest BCUT2D eigenvalue weighted by Gasteiger charge is 2.36. The van der Waals surface area contributed by atoms with E-state index in [2.05, 4.69) is 25.7 Å². The molecule has 1 atom stereocenters. The van der Waals surface area contributed by atoms with E-state index in [1.165, 1.54) is 6.42 Å². The van der Waals surface area contributed by atoms with Crippen LogP contribution in [0.2, 0.25) is 0 Å². The number of rotatable bonds is 2. The molecule has 0 amide bonds. The Bertz CT molecular complexity index is 318. The van der Waals surface area contributed by atoms with Crippen molar-refractivity contribution >= 4 is 5.97 Å². The summed E-state index contributed by atoms with van der Waals surface area (Å²) in [5.74, 6) is -0.218. The maximum Gasteiger partial charge on any atom is 0.333 e. The van der Waals surface area contributed by atoms with Gasteiger partial charge in [0.05, 0.1) is 5.57 Å². The summed E-state index contributed by atoms with van der Waals surface area (Å²) in [6, 6.07) is 0. The lowest BCUT2D eigenvalue weighted by Gasteiger charge is -2.49. The van der Waals surface area contributed by atoms with Crippen LogP contribution in [0.5, 0.6) is 0 Å². The zero-order valence-electron chi connectivity index (χ0n) is 11.0. The monoisotopic (exact) mass is 225 g/mol. The zero-order chi connectivity index (χ0) is 12.5. The van der Waals surface area contributed by atoms with Gasteiger partial charge in [-0.25, -0.2) is 4.79 Å². The molecular formula is C13H23NO2. The summed E-state index contributed by atoms with van der Waals surface area (Å²) >= 11 is 0. The molecule has 0 aromatic carbocycles. The van der Waals surface area contributed by atoms with Crippen molar-refractivity contribution in [1.29, 1.82) is 0 Å². The van der Waals surface area contributed by atoms with Crippen LogP contribution in [-0.4, -0.2) is 28.1 Å². The number of piperidine rings is 1. The molecule has 0 aromatic heterocycles. The molecule has 3 nitrogen and oxygen atoms in total. The first-order valence-electron chi connectivity index (χ1n) is 5.97. The summed E-state index contributed by atoms with van der Waals surface area (Å²) < 4.78 is 0. The first-order valence-corrected chi connectivity index (χ1v) is 5.97. The molecule has 92 valence electrons. The SMILES string of the molecule is CC(C(=O)O)=C(C)N1CCCC(C)C1(C)C. The van der Waals surface area contributed by atoms with E-state index in [0.29, 0.717) is 11.5 Å². The van der Waals surface area contributed by atoms with Crippen LogP contribution in [0, 0.1) is 5.92 Å². The lowest BCUT2D eigenvalue weighted by Crippen LogP contribution is -2.51. The Kier molecular flexibility index (Phi) is 3.66. The first-order chi connectivity index (χ1) is 7.28. The fraction of sp³-hybridized carbons (Fsp3) is 0.769. The lowest BCUT2D eigenvalue weighted by atomic mass is 9.80. The van der Waals surface area contributed by atoms with E-state index in [4.69, 9.17) is 5.11 Å². The number of likely N-dealkylation sites (tertiary alicyclic amines) is 1. The number of carbonyl (C=O) groups is 1. The molecule has 0 aromatic rings. The Hall–Kier alpha value is -0.990. The van der Waals surface area contributed by atoms with Crippen molar-refractivity contribution in [1.82, 2.24) is 4.90 Å². The van der Waals surface area contributed by atoms with Gasteiger partial charge in [-0.2, -0.15) is 0 Å². The summed E-state index contributed by atoms with van der Waals surface area (Å²) in [4.78, 5) is 13.2. The van der Waals surface area contributed by atoms with Gasteiger partial charge in [-0.05, 0) is 46.5 Å². The molecule has 1 N–H and O–H groups in total. The van der Waals surface area contributed by atoms with E-state index in [9.17, 15) is 4.79 Å². The molecule has 1 unspecified atom stereocenters. The van der Waals surface area contributed by atoms with Crippen LogP contribution in [0.1, 0.15) is 47.5 Å². The van der Waals surface area contributed by atoms with E-state index >= 15 is 0 Å². The van der Waals surface area contributed by atoms with Gasteiger partial charge >= 0.3 is 5.97 Å². The van der Waals surface area contributed by atoms with Crippen LogP contribution in [0.3, 0.4) is 0 Å². The molecule has 0 spiro atoms. The largest absolute Gasteiger partial charge is 0.478 e. The maximum atomic E-state index is 11.0. The van der Waals surface area contributed by atoms with Crippen molar-refractivity contribution < 1.29 is 9.90 Å². The van der Waals surface area contributed by atoms with E-state index in [0.717, 1.165) is 18.7 Å². The Labute approximate surface area is 98.1 Å². The van der Waals surface area contributed by atoms with Crippen molar-refractivity contribution in [2.45, 2.75) is 53.0 Å². The normalized spacial score (nSPS) is 26.3. The third kappa shape index (κ3) is 2.23. The number of carboxylic acid groups (broad SMARTS) is 1. The van der Waals surface area contributed by atoms with Gasteiger partial charge in [-0.1, -0.05) is 6.92 Å². The zero-order valence-corrected chi connectivity index (χ0v) is 11.0. The minimum atomic E-state index is -0.813. The topological polar surface area (TPSA) is 40.5 Å². The average molecular weight is 225 g/mol. The van der Waals surface area contributed by atoms with Crippen LogP contribution >= 0.6 is 0 Å². The Morgan fingerprint density at radius 3 is 2.44 bits per heavy atom. The number of nitrogens with zero attached hydrogens (tertiary/aromatic N) is 1. The predicted octanol–water partition coefficient (Wildman–Crippen LogP) is 2.88. The number of aliphatic carboxylic acids is 1. The van der Waals surface area contributed by atoms with Crippen LogP contribution in [0.15, 0.2) is 11.3 Å². The molecule has 0 radical (unpaired) electrons. The smallest absolute Gasteiger partial charge is 0.333 e. The van der Waals surface area contributed by atoms with Crippen molar-refractivity contribution in [3.63, 3.8) is 0 Å². The van der Waals surface area contributed by atoms with Crippen molar-refractivity contribution in [3.05, 3.63) is 11.3 Å². The van der Waals surface area contributed by atoms with E-state index < -0.39 is 5.97 Å². The molecule has 1 aliphatic heterocycles. The summed E-state index contributed by atoms with van der Waals surface area (Å²) in [7, 11) is 0. The Morgan fingerprint density at radius 1 is 1.38 bits per heavy atom. The highest BCUT2D eigenvalue weighted by Crippen LogP contribution is 2.36. The van der Waals surface area contributed by atoms with Gasteiger partial charge in [0.25, 0.3) is 0 Å². The van der Waals surface area contributed by atoms with Gasteiger partial charge < -0.3 is 10.0 Å². The summed E-state index contributed by atoms with van der Waals surface area (Å²) in [5, 5.41) is 9.03. The predicted molar refractivity (Wildman–Crippen MR) is 65.2 cm³/mol. The van der Waals surface area contributed by atoms with E-state index in [1.807, 2.05) is 6.92 Å². The summed E-state index contributed by atoms with van der Waals surface area (Å²) in [6.45, 7) is 11.2. The second kappa shape index (κ2) is 4.48. The van der Waals surface area contributed by atoms with Crippen molar-refractivity contribution in [2.75, 3.05) is 6.54 Å². The highest BCUT2D eigenvalue weighted by molar-refractivity contribution is 5.86. The number of hydrogen-bond donors (Lipinski definition) is 1. The van der Waals surface area contributed by atoms with Gasteiger partial charge in [0.1, 0.15) is 0 Å². The molecule has 16 heavy (non-hydrogen) atoms. The summed E-state index contributed by atoms with van der Waals surface area (Å²) in [6.07, 6.45) is 2.37. The number of carboxylic acids is 1. The number of hydrogen-bond acceptors (Lipinski definition) is 2. The van der Waals surface area contributed by atoms with Gasteiger partial charge in [-0.15, -0.1) is 0 Å². The van der Waals surface area contributed by atoms with Crippen LogP contribution in [0.4, 0.5) is 0 Å². The highest BCUT2D eigenvalue weighted by atomic mass is 16.4. The quantitative estimate of drug-likeness (QED) is 0.735. The summed E-state index contributed by atoms with van der Waals surface area (Å²) in [5.41, 5.74) is 1.42. The van der Waals surface area contributed by atoms with Crippen LogP contribution in [-0.2, 0) is 4.79 Å². The Balaban J connectivity index is 3.03. The lowest BCUT2D eigenvalue weighted by molar-refractivity contribution is -0.132. The Morgan fingerprint density at radius 2 is 1.94 bits per heavy atom. The van der Waals surface area contributed by atoms with E-state index in [1.54, 1.807) is 6.92 Å². The molecular weight excluding hydrogens is 202 g/mol. The fourth-order valence-electron chi connectivity index (χ4n) is 2.42. The molecule has 1 rings (SSSR count). The molecule has 1 heterocycles. The fourth-order valence-corrected chi connectivity index (χ4v) is 2.42. The molecule has 1 fully saturated rings. The molecule has 0 bridgehead atoms. The molecule has 0 saturated carbocycles. The minimum absolute atomic E-state index is 0.0546. The first kappa shape index (κ1) is 13.1. The van der Waals surface area contributed by atoms with Crippen molar-refractivity contribution in [2.24, 2.45) is 5.92 Å². The van der Waals surface area contributed by atoms with E-state index in [-0.39, 0.29) is 5.54 Å². The van der Waals surface area contributed by atoms with Gasteiger partial charge in [0.2, 0.25) is 0 Å². The molecule has 3 heteroatoms. The van der Waals surface area contributed by atoms with Gasteiger partial charge in [0.15, 0.2) is 0 Å². The second-order valence-electron chi connectivity index (χ2n) is 5.36. The molecule has 0 aliphatic carbocycles. The van der Waals surface area contributed by atoms with Gasteiger partial charge in [0, 0.05) is 17.8 Å². The van der Waals surface area contributed by atoms with Crippen LogP contribution in [0.25, 0.3) is 0 Å². The maximum absolute atomic E-state index is 11.0. The number of allylic oxidation sites excluding steroid dienone is 1. The third-order valence-electron chi connectivity index (χ3n) is 4.19.